The molecular weight excluding hydrogens is 490 g/mol. The van der Waals surface area contributed by atoms with Gasteiger partial charge in [0.1, 0.15) is 0 Å². The van der Waals surface area contributed by atoms with Crippen molar-refractivity contribution in [1.29, 1.82) is 0 Å². The van der Waals surface area contributed by atoms with Crippen LogP contribution in [0.2, 0.25) is 5.02 Å². The van der Waals surface area contributed by atoms with Gasteiger partial charge in [-0.1, -0.05) is 17.7 Å². The van der Waals surface area contributed by atoms with Crippen LogP contribution in [0.15, 0.2) is 84.9 Å². The third kappa shape index (κ3) is 5.56. The van der Waals surface area contributed by atoms with E-state index in [0.717, 1.165) is 12.1 Å². The largest absolute Gasteiger partial charge is 0.478 e. The van der Waals surface area contributed by atoms with Crippen molar-refractivity contribution in [3.05, 3.63) is 124 Å². The molecule has 0 spiro atoms. The first-order valence-electron chi connectivity index (χ1n) is 10.5. The van der Waals surface area contributed by atoms with E-state index in [9.17, 15) is 28.3 Å². The Hall–Kier alpha value is -4.56. The molecule has 0 aliphatic carbocycles. The fourth-order valence-electron chi connectivity index (χ4n) is 3.41. The van der Waals surface area contributed by atoms with Crippen molar-refractivity contribution in [2.24, 2.45) is 0 Å². The van der Waals surface area contributed by atoms with Crippen LogP contribution in [0, 0.1) is 11.6 Å². The lowest BCUT2D eigenvalue weighted by Crippen LogP contribution is -2.12. The highest BCUT2D eigenvalue weighted by Crippen LogP contribution is 2.25. The number of anilines is 3. The Morgan fingerprint density at radius 3 is 2.08 bits per heavy atom. The molecule has 4 aromatic carbocycles. The lowest BCUT2D eigenvalue weighted by molar-refractivity contribution is 0.0697. The first-order valence-corrected chi connectivity index (χ1v) is 10.9. The molecule has 0 atom stereocenters. The number of halogens is 3. The summed E-state index contributed by atoms with van der Waals surface area (Å²) in [5.74, 6) is -4.24. The fraction of sp³-hybridized carbons (Fsp3) is 0. The van der Waals surface area contributed by atoms with Crippen molar-refractivity contribution >= 4 is 46.3 Å². The Morgan fingerprint density at radius 1 is 0.722 bits per heavy atom. The van der Waals surface area contributed by atoms with Crippen molar-refractivity contribution in [3.8, 4) is 0 Å². The second-order valence-corrected chi connectivity index (χ2v) is 8.13. The average molecular weight is 507 g/mol. The third-order valence-corrected chi connectivity index (χ3v) is 5.44. The molecule has 6 nitrogen and oxygen atoms in total. The van der Waals surface area contributed by atoms with Gasteiger partial charge in [-0.05, 0) is 72.8 Å². The minimum absolute atomic E-state index is 0.101. The van der Waals surface area contributed by atoms with Crippen molar-refractivity contribution in [2.75, 3.05) is 10.6 Å². The summed E-state index contributed by atoms with van der Waals surface area (Å²) in [6.45, 7) is 0. The molecule has 0 saturated carbocycles. The van der Waals surface area contributed by atoms with Crippen LogP contribution in [0.4, 0.5) is 25.8 Å². The molecule has 1 amide bonds. The summed E-state index contributed by atoms with van der Waals surface area (Å²) in [5.41, 5.74) is 1.23. The number of amides is 1. The Kier molecular flexibility index (Phi) is 7.07. The average Bonchev–Trinajstić information content (AvgIpc) is 2.86. The highest BCUT2D eigenvalue weighted by molar-refractivity contribution is 6.31. The first-order chi connectivity index (χ1) is 17.2. The van der Waals surface area contributed by atoms with Crippen molar-refractivity contribution in [1.82, 2.24) is 0 Å². The number of rotatable bonds is 7. The molecule has 0 aliphatic heterocycles. The first kappa shape index (κ1) is 24.6. The van der Waals surface area contributed by atoms with Crippen LogP contribution in [-0.4, -0.2) is 22.8 Å². The summed E-state index contributed by atoms with van der Waals surface area (Å²) >= 11 is 5.91. The van der Waals surface area contributed by atoms with E-state index in [1.807, 2.05) is 0 Å². The van der Waals surface area contributed by atoms with Gasteiger partial charge in [0.25, 0.3) is 5.91 Å². The number of nitrogens with one attached hydrogen (secondary N) is 2. The monoisotopic (exact) mass is 506 g/mol. The zero-order valence-corrected chi connectivity index (χ0v) is 19.1. The van der Waals surface area contributed by atoms with E-state index in [2.05, 4.69) is 10.6 Å². The zero-order chi connectivity index (χ0) is 25.8. The lowest BCUT2D eigenvalue weighted by Gasteiger charge is -2.12. The van der Waals surface area contributed by atoms with Crippen molar-refractivity contribution in [2.45, 2.75) is 0 Å². The van der Waals surface area contributed by atoms with Crippen molar-refractivity contribution in [3.63, 3.8) is 0 Å². The number of benzene rings is 4. The number of carboxylic acids is 1. The van der Waals surface area contributed by atoms with Gasteiger partial charge < -0.3 is 15.7 Å². The zero-order valence-electron chi connectivity index (χ0n) is 18.4. The van der Waals surface area contributed by atoms with E-state index < -0.39 is 23.4 Å². The van der Waals surface area contributed by atoms with Crippen molar-refractivity contribution < 1.29 is 28.3 Å². The van der Waals surface area contributed by atoms with Crippen LogP contribution < -0.4 is 10.6 Å². The quantitative estimate of drug-likeness (QED) is 0.247. The second-order valence-electron chi connectivity index (χ2n) is 7.69. The highest BCUT2D eigenvalue weighted by atomic mass is 35.5. The molecule has 0 bridgehead atoms. The van der Waals surface area contributed by atoms with Gasteiger partial charge >= 0.3 is 5.97 Å². The van der Waals surface area contributed by atoms with E-state index in [-0.39, 0.29) is 34.0 Å². The summed E-state index contributed by atoms with van der Waals surface area (Å²) in [6.07, 6.45) is 0. The fourth-order valence-corrected chi connectivity index (χ4v) is 3.60. The molecule has 0 heterocycles. The van der Waals surface area contributed by atoms with Gasteiger partial charge in [0, 0.05) is 39.2 Å². The summed E-state index contributed by atoms with van der Waals surface area (Å²) in [4.78, 5) is 37.1. The summed E-state index contributed by atoms with van der Waals surface area (Å²) in [7, 11) is 0. The predicted molar refractivity (Wildman–Crippen MR) is 132 cm³/mol. The second kappa shape index (κ2) is 10.4. The molecule has 4 aromatic rings. The van der Waals surface area contributed by atoms with Crippen LogP contribution in [0.25, 0.3) is 0 Å². The molecule has 3 N–H and O–H groups in total. The SMILES string of the molecule is O=C(Nc1ccc(C(=O)c2ccc(Nc3ccc(F)c(F)c3)c(C(=O)O)c2)cc1)c1cccc(Cl)c1. The van der Waals surface area contributed by atoms with Gasteiger partial charge in [0.15, 0.2) is 17.4 Å². The number of carbonyl (C=O) groups excluding carboxylic acids is 2. The maximum atomic E-state index is 13.5. The molecule has 4 rings (SSSR count). The predicted octanol–water partition coefficient (Wildman–Crippen LogP) is 6.54. The standard InChI is InChI=1S/C27H17ClF2N2O4/c28-18-3-1-2-17(12-18)26(34)32-19-7-4-15(5-8-19)25(33)16-6-11-24(21(13-16)27(35)36)31-20-9-10-22(29)23(30)14-20/h1-14,31H,(H,32,34)(H,35,36). The maximum Gasteiger partial charge on any atom is 0.337 e. The van der Waals surface area contributed by atoms with Crippen LogP contribution >= 0.6 is 11.6 Å². The highest BCUT2D eigenvalue weighted by Gasteiger charge is 2.17. The number of hydrogen-bond acceptors (Lipinski definition) is 4. The molecule has 0 aliphatic rings. The molecular formula is C27H17ClF2N2O4. The van der Waals surface area contributed by atoms with Gasteiger partial charge in [0.05, 0.1) is 11.3 Å². The van der Waals surface area contributed by atoms with Gasteiger partial charge in [-0.3, -0.25) is 9.59 Å². The molecule has 9 heteroatoms. The Morgan fingerprint density at radius 2 is 1.42 bits per heavy atom. The topological polar surface area (TPSA) is 95.5 Å². The normalized spacial score (nSPS) is 10.5. The summed E-state index contributed by atoms with van der Waals surface area (Å²) in [5, 5.41) is 15.5. The molecule has 0 aromatic heterocycles. The number of carbonyl (C=O) groups is 3. The number of carboxylic acid groups (broad SMARTS) is 1. The Bertz CT molecular complexity index is 1490. The van der Waals surface area contributed by atoms with Gasteiger partial charge in [0.2, 0.25) is 0 Å². The van der Waals surface area contributed by atoms with Crippen LogP contribution in [0.1, 0.15) is 36.6 Å². The van der Waals surface area contributed by atoms with Crippen LogP contribution in [-0.2, 0) is 0 Å². The van der Waals surface area contributed by atoms with Gasteiger partial charge in [-0.2, -0.15) is 0 Å². The molecule has 0 radical (unpaired) electrons. The Labute approximate surface area is 209 Å². The lowest BCUT2D eigenvalue weighted by atomic mass is 10.00. The molecule has 0 unspecified atom stereocenters. The number of aromatic carboxylic acids is 1. The summed E-state index contributed by atoms with van der Waals surface area (Å²) in [6, 6.07) is 19.6. The van der Waals surface area contributed by atoms with Crippen LogP contribution in [0.5, 0.6) is 0 Å². The molecule has 180 valence electrons. The van der Waals surface area contributed by atoms with E-state index in [1.165, 1.54) is 42.5 Å². The summed E-state index contributed by atoms with van der Waals surface area (Å²) < 4.78 is 26.7. The Balaban J connectivity index is 1.52. The van der Waals surface area contributed by atoms with E-state index in [4.69, 9.17) is 11.6 Å². The number of hydrogen-bond donors (Lipinski definition) is 3. The minimum atomic E-state index is -1.31. The van der Waals surface area contributed by atoms with E-state index in [0.29, 0.717) is 16.3 Å². The molecule has 36 heavy (non-hydrogen) atoms. The molecule has 0 fully saturated rings. The molecule has 0 saturated heterocycles. The van der Waals surface area contributed by atoms with E-state index in [1.54, 1.807) is 30.3 Å². The maximum absolute atomic E-state index is 13.5. The minimum Gasteiger partial charge on any atom is -0.478 e. The third-order valence-electron chi connectivity index (χ3n) is 5.20. The number of ketones is 1. The smallest absolute Gasteiger partial charge is 0.337 e. The van der Waals surface area contributed by atoms with Gasteiger partial charge in [-0.25, -0.2) is 13.6 Å². The van der Waals surface area contributed by atoms with E-state index >= 15 is 0 Å². The van der Waals surface area contributed by atoms with Gasteiger partial charge in [-0.15, -0.1) is 0 Å². The van der Waals surface area contributed by atoms with Crippen LogP contribution in [0.3, 0.4) is 0 Å².